The molecular formula is C12H20N2O3S. The molecule has 1 saturated heterocycles. The standard InChI is InChI=1S/C12H20N2O3S/c15-10-13-12-8-4-5-9-14(12)18(16,17)11-6-2-1-3-7-11/h11-12H,1-9H2. The van der Waals surface area contributed by atoms with E-state index in [2.05, 4.69) is 4.99 Å². The number of hydrogen-bond donors (Lipinski definition) is 0. The van der Waals surface area contributed by atoms with E-state index in [1.165, 1.54) is 10.4 Å². The van der Waals surface area contributed by atoms with E-state index in [1.807, 2.05) is 0 Å². The number of nitrogens with zero attached hydrogens (tertiary/aromatic N) is 2. The van der Waals surface area contributed by atoms with E-state index < -0.39 is 16.2 Å². The largest absolute Gasteiger partial charge is 0.236 e. The maximum Gasteiger partial charge on any atom is 0.236 e. The van der Waals surface area contributed by atoms with E-state index in [9.17, 15) is 13.2 Å². The molecule has 0 N–H and O–H groups in total. The highest BCUT2D eigenvalue weighted by atomic mass is 32.2. The molecule has 1 heterocycles. The summed E-state index contributed by atoms with van der Waals surface area (Å²) in [6.45, 7) is 0.495. The minimum atomic E-state index is -3.30. The van der Waals surface area contributed by atoms with Gasteiger partial charge < -0.3 is 0 Å². The molecule has 2 rings (SSSR count). The van der Waals surface area contributed by atoms with Crippen molar-refractivity contribution in [2.75, 3.05) is 6.54 Å². The quantitative estimate of drug-likeness (QED) is 0.581. The summed E-state index contributed by atoms with van der Waals surface area (Å²) in [5, 5.41) is -0.270. The summed E-state index contributed by atoms with van der Waals surface area (Å²) in [4.78, 5) is 14.1. The molecule has 0 aromatic carbocycles. The zero-order valence-electron chi connectivity index (χ0n) is 10.5. The fourth-order valence-corrected chi connectivity index (χ4v) is 5.12. The summed E-state index contributed by atoms with van der Waals surface area (Å²) in [6.07, 6.45) is 8.01. The molecule has 102 valence electrons. The second kappa shape index (κ2) is 5.95. The first-order chi connectivity index (χ1) is 8.66. The highest BCUT2D eigenvalue weighted by molar-refractivity contribution is 7.89. The van der Waals surface area contributed by atoms with Crippen molar-refractivity contribution >= 4 is 16.1 Å². The number of carbonyl (C=O) groups excluding carboxylic acids is 1. The van der Waals surface area contributed by atoms with Gasteiger partial charge in [0.25, 0.3) is 0 Å². The fourth-order valence-electron chi connectivity index (χ4n) is 2.93. The van der Waals surface area contributed by atoms with Crippen molar-refractivity contribution in [1.82, 2.24) is 4.31 Å². The van der Waals surface area contributed by atoms with Gasteiger partial charge in [-0.05, 0) is 32.1 Å². The Morgan fingerprint density at radius 1 is 1.00 bits per heavy atom. The molecule has 1 atom stereocenters. The predicted molar refractivity (Wildman–Crippen MR) is 68.3 cm³/mol. The van der Waals surface area contributed by atoms with Gasteiger partial charge in [0.1, 0.15) is 6.17 Å². The van der Waals surface area contributed by atoms with E-state index in [-0.39, 0.29) is 5.25 Å². The van der Waals surface area contributed by atoms with Crippen molar-refractivity contribution in [1.29, 1.82) is 0 Å². The molecule has 0 spiro atoms. The zero-order chi connectivity index (χ0) is 13.0. The number of piperidine rings is 1. The molecule has 18 heavy (non-hydrogen) atoms. The Balaban J connectivity index is 2.17. The summed E-state index contributed by atoms with van der Waals surface area (Å²) in [5.41, 5.74) is 0. The highest BCUT2D eigenvalue weighted by Crippen LogP contribution is 2.30. The lowest BCUT2D eigenvalue weighted by Crippen LogP contribution is -2.47. The Morgan fingerprint density at radius 3 is 2.33 bits per heavy atom. The summed E-state index contributed by atoms with van der Waals surface area (Å²) in [6, 6.07) is 0. The van der Waals surface area contributed by atoms with Gasteiger partial charge in [-0.25, -0.2) is 13.2 Å². The molecule has 6 heteroatoms. The van der Waals surface area contributed by atoms with Gasteiger partial charge in [0.15, 0.2) is 0 Å². The Hall–Kier alpha value is -0.710. The lowest BCUT2D eigenvalue weighted by Gasteiger charge is -2.35. The number of rotatable bonds is 3. The molecule has 2 aliphatic rings. The summed E-state index contributed by atoms with van der Waals surface area (Å²) in [7, 11) is -3.30. The van der Waals surface area contributed by atoms with Crippen LogP contribution in [0.15, 0.2) is 4.99 Å². The van der Waals surface area contributed by atoms with Gasteiger partial charge in [-0.1, -0.05) is 19.3 Å². The molecule has 0 radical (unpaired) electrons. The molecule has 5 nitrogen and oxygen atoms in total. The van der Waals surface area contributed by atoms with Crippen LogP contribution in [0, 0.1) is 0 Å². The molecule has 1 unspecified atom stereocenters. The number of aliphatic imine (C=N–C) groups is 1. The van der Waals surface area contributed by atoms with Crippen LogP contribution in [0.5, 0.6) is 0 Å². The highest BCUT2D eigenvalue weighted by Gasteiger charge is 2.38. The molecule has 0 aromatic rings. The first kappa shape index (κ1) is 13.7. The van der Waals surface area contributed by atoms with Crippen LogP contribution in [0.25, 0.3) is 0 Å². The molecule has 2 fully saturated rings. The lowest BCUT2D eigenvalue weighted by molar-refractivity contribution is 0.254. The molecule has 1 aliphatic carbocycles. The van der Waals surface area contributed by atoms with Gasteiger partial charge in [0.05, 0.1) is 5.25 Å². The number of sulfonamides is 1. The minimum Gasteiger partial charge on any atom is -0.212 e. The number of isocyanates is 1. The lowest BCUT2D eigenvalue weighted by atomic mass is 10.0. The average Bonchev–Trinajstić information content (AvgIpc) is 2.41. The van der Waals surface area contributed by atoms with E-state index in [4.69, 9.17) is 0 Å². The number of hydrogen-bond acceptors (Lipinski definition) is 4. The SMILES string of the molecule is O=C=NC1CCCCN1S(=O)(=O)C1CCCCC1. The van der Waals surface area contributed by atoms with E-state index >= 15 is 0 Å². The van der Waals surface area contributed by atoms with Crippen molar-refractivity contribution in [3.05, 3.63) is 0 Å². The van der Waals surface area contributed by atoms with Gasteiger partial charge in [-0.2, -0.15) is 9.30 Å². The third-order valence-electron chi connectivity index (χ3n) is 3.93. The van der Waals surface area contributed by atoms with Crippen molar-refractivity contribution in [2.45, 2.75) is 62.8 Å². The monoisotopic (exact) mass is 272 g/mol. The molecule has 0 amide bonds. The minimum absolute atomic E-state index is 0.270. The fraction of sp³-hybridized carbons (Fsp3) is 0.917. The summed E-state index contributed by atoms with van der Waals surface area (Å²) >= 11 is 0. The first-order valence-corrected chi connectivity index (χ1v) is 8.24. The predicted octanol–water partition coefficient (Wildman–Crippen LogP) is 1.80. The smallest absolute Gasteiger partial charge is 0.212 e. The average molecular weight is 272 g/mol. The molecule has 0 bridgehead atoms. The van der Waals surface area contributed by atoms with Gasteiger partial charge >= 0.3 is 0 Å². The maximum absolute atomic E-state index is 12.6. The maximum atomic E-state index is 12.6. The van der Waals surface area contributed by atoms with E-state index in [1.54, 1.807) is 0 Å². The van der Waals surface area contributed by atoms with Gasteiger partial charge in [-0.3, -0.25) is 0 Å². The molecular weight excluding hydrogens is 252 g/mol. The normalized spacial score (nSPS) is 27.7. The van der Waals surface area contributed by atoms with Gasteiger partial charge in [-0.15, -0.1) is 0 Å². The third kappa shape index (κ3) is 2.82. The van der Waals surface area contributed by atoms with Gasteiger partial charge in [0, 0.05) is 6.54 Å². The van der Waals surface area contributed by atoms with Crippen LogP contribution < -0.4 is 0 Å². The Labute approximate surface area is 108 Å². The van der Waals surface area contributed by atoms with Crippen molar-refractivity contribution in [2.24, 2.45) is 4.99 Å². The Morgan fingerprint density at radius 2 is 1.67 bits per heavy atom. The first-order valence-electron chi connectivity index (χ1n) is 6.74. The van der Waals surface area contributed by atoms with Crippen molar-refractivity contribution in [3.63, 3.8) is 0 Å². The van der Waals surface area contributed by atoms with Crippen LogP contribution in [0.2, 0.25) is 0 Å². The molecule has 1 saturated carbocycles. The van der Waals surface area contributed by atoms with Crippen molar-refractivity contribution in [3.8, 4) is 0 Å². The van der Waals surface area contributed by atoms with Crippen LogP contribution in [-0.2, 0) is 14.8 Å². The third-order valence-corrected chi connectivity index (χ3v) is 6.32. The Kier molecular flexibility index (Phi) is 4.54. The van der Waals surface area contributed by atoms with Crippen LogP contribution in [0.1, 0.15) is 51.4 Å². The molecule has 0 aromatic heterocycles. The topological polar surface area (TPSA) is 66.8 Å². The second-order valence-corrected chi connectivity index (χ2v) is 7.28. The van der Waals surface area contributed by atoms with Crippen LogP contribution in [0.4, 0.5) is 0 Å². The van der Waals surface area contributed by atoms with E-state index in [0.29, 0.717) is 13.0 Å². The van der Waals surface area contributed by atoms with Gasteiger partial charge in [0.2, 0.25) is 16.1 Å². The summed E-state index contributed by atoms with van der Waals surface area (Å²) < 4.78 is 26.6. The van der Waals surface area contributed by atoms with Crippen LogP contribution >= 0.6 is 0 Å². The second-order valence-electron chi connectivity index (χ2n) is 5.11. The van der Waals surface area contributed by atoms with E-state index in [0.717, 1.165) is 44.9 Å². The summed E-state index contributed by atoms with van der Waals surface area (Å²) in [5.74, 6) is 0. The zero-order valence-corrected chi connectivity index (χ0v) is 11.4. The van der Waals surface area contributed by atoms with Crippen molar-refractivity contribution < 1.29 is 13.2 Å². The van der Waals surface area contributed by atoms with Crippen LogP contribution in [-0.4, -0.2) is 36.8 Å². The Bertz CT molecular complexity index is 423. The van der Waals surface area contributed by atoms with Crippen LogP contribution in [0.3, 0.4) is 0 Å². The molecule has 1 aliphatic heterocycles.